The van der Waals surface area contributed by atoms with Crippen molar-refractivity contribution in [3.63, 3.8) is 0 Å². The molecule has 4 aliphatic carbocycles. The number of nitrogens with one attached hydrogen (secondary N) is 4. The molecule has 8 aliphatic rings. The zero-order valence-corrected chi connectivity index (χ0v) is 50.7. The third kappa shape index (κ3) is 12.4. The van der Waals surface area contributed by atoms with Gasteiger partial charge in [-0.3, -0.25) is 0 Å². The summed E-state index contributed by atoms with van der Waals surface area (Å²) in [5.41, 5.74) is 19.7. The Labute approximate surface area is 515 Å². The van der Waals surface area contributed by atoms with Crippen molar-refractivity contribution >= 4 is 0 Å². The van der Waals surface area contributed by atoms with Crippen LogP contribution >= 0.6 is 0 Å². The van der Waals surface area contributed by atoms with E-state index in [9.17, 15) is 17.6 Å². The number of fused-ring (bicyclic) bond motifs is 20. The molecule has 4 fully saturated rings. The van der Waals surface area contributed by atoms with E-state index in [2.05, 4.69) is 118 Å². The van der Waals surface area contributed by atoms with Gasteiger partial charge in [0.05, 0.1) is 48.8 Å². The summed E-state index contributed by atoms with van der Waals surface area (Å²) in [6.45, 7) is 3.33. The molecule has 88 heavy (non-hydrogen) atoms. The third-order valence-electron chi connectivity index (χ3n) is 19.6. The van der Waals surface area contributed by atoms with Crippen LogP contribution < -0.4 is 21.3 Å². The van der Waals surface area contributed by atoms with Crippen LogP contribution in [-0.2, 0) is 44.6 Å². The lowest BCUT2D eigenvalue weighted by atomic mass is 9.87. The molecule has 12 heteroatoms. The van der Waals surface area contributed by atoms with Crippen molar-refractivity contribution in [3.05, 3.63) is 282 Å². The van der Waals surface area contributed by atoms with Crippen LogP contribution in [0.15, 0.2) is 170 Å². The Kier molecular flexibility index (Phi) is 18.2. The van der Waals surface area contributed by atoms with Gasteiger partial charge in [0.15, 0.2) is 0 Å². The Morgan fingerprint density at radius 2 is 0.489 bits per heavy atom. The number of halogens is 4. The molecule has 8 aromatic rings. The quantitative estimate of drug-likeness (QED) is 0.112. The Morgan fingerprint density at radius 1 is 0.284 bits per heavy atom. The van der Waals surface area contributed by atoms with Gasteiger partial charge >= 0.3 is 0 Å². The van der Waals surface area contributed by atoms with Crippen LogP contribution in [0.2, 0.25) is 0 Å². The highest BCUT2D eigenvalue weighted by atomic mass is 19.1. The largest absolute Gasteiger partial charge is 0.368 e. The van der Waals surface area contributed by atoms with Crippen LogP contribution in [-0.4, -0.2) is 78.8 Å². The Balaban J connectivity index is 0.000000108. The zero-order chi connectivity index (χ0) is 60.4. The van der Waals surface area contributed by atoms with Gasteiger partial charge in [0.1, 0.15) is 23.3 Å². The van der Waals surface area contributed by atoms with Gasteiger partial charge in [0.2, 0.25) is 0 Å². The van der Waals surface area contributed by atoms with E-state index >= 15 is 0 Å². The number of likely N-dealkylation sites (N-methyl/N-ethyl adjacent to an activating group) is 4. The minimum absolute atomic E-state index is 0.0345. The van der Waals surface area contributed by atoms with E-state index in [1.165, 1.54) is 66.8 Å². The van der Waals surface area contributed by atoms with Gasteiger partial charge in [-0.25, -0.2) is 17.6 Å². The van der Waals surface area contributed by atoms with Gasteiger partial charge in [-0.05, 0) is 217 Å². The number of benzene rings is 8. The maximum absolute atomic E-state index is 13.8. The Bertz CT molecular complexity index is 3280. The first-order valence-corrected chi connectivity index (χ1v) is 31.7. The molecule has 0 aromatic heterocycles. The van der Waals surface area contributed by atoms with Crippen molar-refractivity contribution in [2.24, 2.45) is 0 Å². The second-order valence-electron chi connectivity index (χ2n) is 25.2. The summed E-state index contributed by atoms with van der Waals surface area (Å²) in [4.78, 5) is 0. The lowest BCUT2D eigenvalue weighted by Crippen LogP contribution is -2.23. The van der Waals surface area contributed by atoms with Gasteiger partial charge in [-0.1, -0.05) is 121 Å². The highest BCUT2D eigenvalue weighted by molar-refractivity contribution is 5.50. The normalized spacial score (nSPS) is 26.0. The van der Waals surface area contributed by atoms with E-state index in [0.717, 1.165) is 99.8 Å². The van der Waals surface area contributed by atoms with Crippen molar-refractivity contribution in [1.82, 2.24) is 21.3 Å². The molecular weight excluding hydrogens is 1110 g/mol. The summed E-state index contributed by atoms with van der Waals surface area (Å²) < 4.78 is 80.3. The molecule has 0 unspecified atom stereocenters. The number of hydrogen-bond acceptors (Lipinski definition) is 8. The van der Waals surface area contributed by atoms with Crippen molar-refractivity contribution < 1.29 is 36.5 Å². The van der Waals surface area contributed by atoms with E-state index < -0.39 is 0 Å². The van der Waals surface area contributed by atoms with Crippen molar-refractivity contribution in [1.29, 1.82) is 0 Å². The summed E-state index contributed by atoms with van der Waals surface area (Å²) in [5.74, 6) is 0.562. The fourth-order valence-corrected chi connectivity index (χ4v) is 15.8. The van der Waals surface area contributed by atoms with Gasteiger partial charge in [-0.15, -0.1) is 0 Å². The lowest BCUT2D eigenvalue weighted by Gasteiger charge is -2.19. The van der Waals surface area contributed by atoms with Gasteiger partial charge in [0, 0.05) is 49.9 Å². The zero-order valence-electron chi connectivity index (χ0n) is 50.7. The molecule has 0 saturated carbocycles. The molecule has 8 aromatic carbocycles. The van der Waals surface area contributed by atoms with Gasteiger partial charge < -0.3 is 40.2 Å². The van der Waals surface area contributed by atoms with Gasteiger partial charge in [0.25, 0.3) is 0 Å². The van der Waals surface area contributed by atoms with Crippen molar-refractivity contribution in [2.75, 3.05) is 54.4 Å². The van der Waals surface area contributed by atoms with Crippen LogP contribution in [0.4, 0.5) is 17.6 Å². The predicted molar refractivity (Wildman–Crippen MR) is 338 cm³/mol. The topological polar surface area (TPSA) is 85.0 Å². The maximum Gasteiger partial charge on any atom is 0.123 e. The minimum Gasteiger partial charge on any atom is -0.368 e. The molecule has 456 valence electrons. The fourth-order valence-electron chi connectivity index (χ4n) is 15.8. The van der Waals surface area contributed by atoms with Crippen LogP contribution in [0.3, 0.4) is 0 Å². The molecule has 12 atom stereocenters. The molecule has 0 amide bonds. The first kappa shape index (κ1) is 60.1. The lowest BCUT2D eigenvalue weighted by molar-refractivity contribution is 0.0416. The van der Waals surface area contributed by atoms with Crippen molar-refractivity contribution in [2.45, 2.75) is 124 Å². The Morgan fingerprint density at radius 3 is 0.705 bits per heavy atom. The second kappa shape index (κ2) is 26.7. The summed E-state index contributed by atoms with van der Waals surface area (Å²) in [5, 5.41) is 12.8. The van der Waals surface area contributed by atoms with Crippen LogP contribution in [0.5, 0.6) is 0 Å². The molecule has 4 saturated heterocycles. The molecule has 4 aliphatic heterocycles. The highest BCUT2D eigenvalue weighted by Crippen LogP contribution is 2.53. The minimum atomic E-state index is -0.177. The monoisotopic (exact) mass is 1190 g/mol. The van der Waals surface area contributed by atoms with E-state index in [-0.39, 0.29) is 72.1 Å². The summed E-state index contributed by atoms with van der Waals surface area (Å²) in [7, 11) is 7.77. The standard InChI is InChI=1S/4C19H20FNO/c4*1-21-11-15-10-18-16-5-3-2-4-12(16)8-13-6-7-14(20)9-17(13)19(18)22-15/h4*2-7,9,15,18-19,21H,8,10-11H2,1H3/t2*15-,18+,19+;2*15-,18-,19-/m1010/s1. The molecule has 16 rings (SSSR count). The third-order valence-corrected chi connectivity index (χ3v) is 19.6. The molecule has 4 N–H and O–H groups in total. The number of ether oxygens (including phenoxy) is 4. The van der Waals surface area contributed by atoms with E-state index in [4.69, 9.17) is 18.9 Å². The second-order valence-corrected chi connectivity index (χ2v) is 25.2. The first-order chi connectivity index (χ1) is 43.0. The van der Waals surface area contributed by atoms with Crippen molar-refractivity contribution in [3.8, 4) is 0 Å². The van der Waals surface area contributed by atoms with E-state index in [1.54, 1.807) is 48.5 Å². The summed E-state index contributed by atoms with van der Waals surface area (Å²) in [6.07, 6.45) is 7.97. The summed E-state index contributed by atoms with van der Waals surface area (Å²) in [6, 6.07) is 54.9. The number of rotatable bonds is 8. The smallest absolute Gasteiger partial charge is 0.123 e. The predicted octanol–water partition coefficient (Wildman–Crippen LogP) is 14.3. The van der Waals surface area contributed by atoms with Gasteiger partial charge in [-0.2, -0.15) is 0 Å². The molecule has 0 bridgehead atoms. The van der Waals surface area contributed by atoms with E-state index in [1.807, 2.05) is 52.5 Å². The molecule has 8 nitrogen and oxygen atoms in total. The van der Waals surface area contributed by atoms with E-state index in [0.29, 0.717) is 23.7 Å². The molecule has 0 radical (unpaired) electrons. The highest BCUT2D eigenvalue weighted by Gasteiger charge is 2.44. The summed E-state index contributed by atoms with van der Waals surface area (Å²) >= 11 is 0. The first-order valence-electron chi connectivity index (χ1n) is 31.7. The SMILES string of the molecule is CNC[C@@H]1C[C@@H]2c3ccccc3Cc3ccc(F)cc3[C@H]2O1.CNC[C@@H]1C[C@H]2c3ccccc3Cc3ccc(F)cc3[C@@H]2O1.CNC[C@H]1C[C@@H]2c3ccccc3Cc3ccc(F)cc3[C@H]2O1.CNC[C@H]1C[C@H]2c3ccccc3Cc3ccc(F)cc3[C@@H]2O1. The van der Waals surface area contributed by atoms with Crippen LogP contribution in [0.25, 0.3) is 0 Å². The number of hydrogen-bond donors (Lipinski definition) is 4. The fraction of sp³-hybridized carbons (Fsp3) is 0.368. The molecule has 4 heterocycles. The average molecular weight is 1190 g/mol. The maximum atomic E-state index is 13.8. The Hall–Kier alpha value is -6.84. The van der Waals surface area contributed by atoms with Crippen LogP contribution in [0, 0.1) is 23.3 Å². The van der Waals surface area contributed by atoms with Crippen LogP contribution in [0.1, 0.15) is 163 Å². The molecular formula is C76H80F4N4O4. The average Bonchev–Trinajstić information content (AvgIpc) is 2.35. The molecule has 0 spiro atoms.